The van der Waals surface area contributed by atoms with Crippen LogP contribution < -0.4 is 10.5 Å². The van der Waals surface area contributed by atoms with Crippen molar-refractivity contribution in [3.8, 4) is 0 Å². The number of aromatic nitrogens is 2. The molecule has 0 bridgehead atoms. The molecule has 20 heavy (non-hydrogen) atoms. The predicted molar refractivity (Wildman–Crippen MR) is 88.0 cm³/mol. The summed E-state index contributed by atoms with van der Waals surface area (Å²) in [6.07, 6.45) is 5.68. The van der Waals surface area contributed by atoms with E-state index in [4.69, 9.17) is 0 Å². The number of hydrogen-bond donors (Lipinski definition) is 1. The molecule has 0 aliphatic heterocycles. The van der Waals surface area contributed by atoms with Gasteiger partial charge in [0.2, 0.25) is 0 Å². The predicted octanol–water partition coefficient (Wildman–Crippen LogP) is 2.61. The molecule has 0 fully saturated rings. The molecule has 0 saturated carbocycles. The molecule has 0 amide bonds. The zero-order valence-electron chi connectivity index (χ0n) is 12.9. The van der Waals surface area contributed by atoms with Crippen molar-refractivity contribution in [2.45, 2.75) is 45.7 Å². The molecule has 1 heterocycles. The molecule has 2 rings (SSSR count). The van der Waals surface area contributed by atoms with Crippen LogP contribution in [0.3, 0.4) is 0 Å². The van der Waals surface area contributed by atoms with E-state index in [-0.39, 0.29) is 0 Å². The zero-order chi connectivity index (χ0) is 14.6. The average molecular weight is 287 g/mol. The van der Waals surface area contributed by atoms with Crippen LogP contribution in [0.15, 0.2) is 43.0 Å². The van der Waals surface area contributed by atoms with Crippen LogP contribution in [0.5, 0.6) is 0 Å². The Bertz CT molecular complexity index is 512. The summed E-state index contributed by atoms with van der Waals surface area (Å²) in [5, 5.41) is 5.08. The van der Waals surface area contributed by atoms with Crippen LogP contribution in [0.2, 0.25) is 19.6 Å². The fourth-order valence-electron chi connectivity index (χ4n) is 2.19. The molecule has 2 aromatic rings. The van der Waals surface area contributed by atoms with Crippen LogP contribution in [-0.2, 0) is 13.1 Å². The molecule has 0 spiro atoms. The monoisotopic (exact) mass is 287 g/mol. The molecule has 4 heteroatoms. The first-order valence-electron chi connectivity index (χ1n) is 7.24. The highest BCUT2D eigenvalue weighted by Crippen LogP contribution is 2.05. The van der Waals surface area contributed by atoms with Gasteiger partial charge in [-0.2, -0.15) is 0 Å². The number of nitrogens with zero attached hydrogens (tertiary/aromatic N) is 2. The number of rotatable bonds is 6. The molecule has 108 valence electrons. The molecule has 0 aliphatic carbocycles. The van der Waals surface area contributed by atoms with Crippen LogP contribution >= 0.6 is 0 Å². The highest BCUT2D eigenvalue weighted by Gasteiger charge is 2.15. The van der Waals surface area contributed by atoms with E-state index in [0.717, 1.165) is 13.1 Å². The van der Waals surface area contributed by atoms with Gasteiger partial charge in [-0.15, -0.1) is 0 Å². The van der Waals surface area contributed by atoms with Crippen molar-refractivity contribution < 1.29 is 0 Å². The maximum Gasteiger partial charge on any atom is 0.0946 e. The van der Waals surface area contributed by atoms with E-state index in [9.17, 15) is 0 Å². The first-order valence-corrected chi connectivity index (χ1v) is 10.7. The zero-order valence-corrected chi connectivity index (χ0v) is 13.9. The van der Waals surface area contributed by atoms with Gasteiger partial charge in [-0.25, -0.2) is 4.98 Å². The third-order valence-corrected chi connectivity index (χ3v) is 5.58. The smallest absolute Gasteiger partial charge is 0.0946 e. The van der Waals surface area contributed by atoms with Gasteiger partial charge in [-0.05, 0) is 12.5 Å². The highest BCUT2D eigenvalue weighted by atomic mass is 28.3. The Morgan fingerprint density at radius 2 is 1.90 bits per heavy atom. The second kappa shape index (κ2) is 6.37. The van der Waals surface area contributed by atoms with Crippen LogP contribution in [0.1, 0.15) is 12.5 Å². The first-order chi connectivity index (χ1) is 9.45. The van der Waals surface area contributed by atoms with Crippen molar-refractivity contribution in [2.24, 2.45) is 0 Å². The van der Waals surface area contributed by atoms with Gasteiger partial charge in [0.25, 0.3) is 0 Å². The topological polar surface area (TPSA) is 29.9 Å². The summed E-state index contributed by atoms with van der Waals surface area (Å²) in [7, 11) is -1.17. The minimum atomic E-state index is -1.17. The molecule has 1 N–H and O–H groups in total. The number of imidazole rings is 1. The number of benzene rings is 1. The van der Waals surface area contributed by atoms with Gasteiger partial charge < -0.3 is 9.88 Å². The molecule has 0 aliphatic rings. The molecule has 1 aromatic carbocycles. The van der Waals surface area contributed by atoms with E-state index in [1.54, 1.807) is 0 Å². The standard InChI is InChI=1S/C16H25N3Si/c1-14(12-19-10-9-17-13-19)18-11-15-5-7-16(8-6-15)20(2,3)4/h5-10,13-14,18H,11-12H2,1-4H3. The fraction of sp³-hybridized carbons (Fsp3) is 0.438. The van der Waals surface area contributed by atoms with Gasteiger partial charge in [0.05, 0.1) is 14.4 Å². The van der Waals surface area contributed by atoms with Gasteiger partial charge in [0.1, 0.15) is 0 Å². The van der Waals surface area contributed by atoms with Gasteiger partial charge in [0, 0.05) is 31.5 Å². The Morgan fingerprint density at radius 1 is 1.20 bits per heavy atom. The lowest BCUT2D eigenvalue weighted by atomic mass is 10.2. The summed E-state index contributed by atoms with van der Waals surface area (Å²) in [6.45, 7) is 11.2. The molecule has 0 saturated heterocycles. The highest BCUT2D eigenvalue weighted by molar-refractivity contribution is 6.88. The lowest BCUT2D eigenvalue weighted by Gasteiger charge is -2.18. The summed E-state index contributed by atoms with van der Waals surface area (Å²) in [6, 6.07) is 9.53. The molecular formula is C16H25N3Si. The van der Waals surface area contributed by atoms with Crippen LogP contribution in [0, 0.1) is 0 Å². The van der Waals surface area contributed by atoms with E-state index in [1.807, 2.05) is 18.7 Å². The second-order valence-electron chi connectivity index (χ2n) is 6.49. The van der Waals surface area contributed by atoms with Gasteiger partial charge in [-0.3, -0.25) is 0 Å². The van der Waals surface area contributed by atoms with Crippen LogP contribution in [0.4, 0.5) is 0 Å². The third kappa shape index (κ3) is 4.32. The summed E-state index contributed by atoms with van der Waals surface area (Å²) in [5.41, 5.74) is 1.35. The van der Waals surface area contributed by atoms with Crippen molar-refractivity contribution in [1.82, 2.24) is 14.9 Å². The SMILES string of the molecule is CC(Cn1ccnc1)NCc1ccc([Si](C)(C)C)cc1. The number of nitrogens with one attached hydrogen (secondary N) is 1. The average Bonchev–Trinajstić information content (AvgIpc) is 2.88. The normalized spacial score (nSPS) is 13.4. The van der Waals surface area contributed by atoms with Gasteiger partial charge in [0.15, 0.2) is 0 Å². The molecule has 0 radical (unpaired) electrons. The van der Waals surface area contributed by atoms with Crippen LogP contribution in [0.25, 0.3) is 0 Å². The largest absolute Gasteiger partial charge is 0.336 e. The third-order valence-electron chi connectivity index (χ3n) is 3.52. The Balaban J connectivity index is 1.84. The summed E-state index contributed by atoms with van der Waals surface area (Å²) in [5.74, 6) is 0. The van der Waals surface area contributed by atoms with E-state index in [1.165, 1.54) is 10.8 Å². The maximum absolute atomic E-state index is 4.07. The lowest BCUT2D eigenvalue weighted by Crippen LogP contribution is -2.37. The molecule has 3 nitrogen and oxygen atoms in total. The second-order valence-corrected chi connectivity index (χ2v) is 11.6. The fourth-order valence-corrected chi connectivity index (χ4v) is 3.36. The van der Waals surface area contributed by atoms with Gasteiger partial charge in [-0.1, -0.05) is 49.1 Å². The van der Waals surface area contributed by atoms with Crippen molar-refractivity contribution in [1.29, 1.82) is 0 Å². The van der Waals surface area contributed by atoms with Crippen LogP contribution in [-0.4, -0.2) is 23.7 Å². The summed E-state index contributed by atoms with van der Waals surface area (Å²) in [4.78, 5) is 4.07. The maximum atomic E-state index is 4.07. The Hall–Kier alpha value is -1.39. The quantitative estimate of drug-likeness (QED) is 0.828. The Morgan fingerprint density at radius 3 is 2.45 bits per heavy atom. The summed E-state index contributed by atoms with van der Waals surface area (Å²) < 4.78 is 2.10. The van der Waals surface area contributed by atoms with Crippen molar-refractivity contribution in [3.63, 3.8) is 0 Å². The lowest BCUT2D eigenvalue weighted by molar-refractivity contribution is 0.476. The van der Waals surface area contributed by atoms with E-state index < -0.39 is 8.07 Å². The molecule has 1 atom stereocenters. The van der Waals surface area contributed by atoms with Gasteiger partial charge >= 0.3 is 0 Å². The van der Waals surface area contributed by atoms with Crippen molar-refractivity contribution >= 4 is 13.3 Å². The minimum Gasteiger partial charge on any atom is -0.336 e. The minimum absolute atomic E-state index is 0.431. The van der Waals surface area contributed by atoms with E-state index in [2.05, 4.69) is 65.7 Å². The van der Waals surface area contributed by atoms with Crippen molar-refractivity contribution in [3.05, 3.63) is 48.5 Å². The Labute approximate surface area is 123 Å². The molecular weight excluding hydrogens is 262 g/mol. The number of hydrogen-bond acceptors (Lipinski definition) is 2. The van der Waals surface area contributed by atoms with E-state index >= 15 is 0 Å². The molecule has 1 unspecified atom stereocenters. The first kappa shape index (κ1) is 15.0. The van der Waals surface area contributed by atoms with E-state index in [0.29, 0.717) is 6.04 Å². The molecule has 1 aromatic heterocycles. The Kier molecular flexibility index (Phi) is 4.78. The van der Waals surface area contributed by atoms with Crippen molar-refractivity contribution in [2.75, 3.05) is 0 Å². The summed E-state index contributed by atoms with van der Waals surface area (Å²) >= 11 is 0.